The van der Waals surface area contributed by atoms with Crippen molar-refractivity contribution in [3.63, 3.8) is 0 Å². The fourth-order valence-electron chi connectivity index (χ4n) is 2.42. The van der Waals surface area contributed by atoms with Gasteiger partial charge in [-0.15, -0.1) is 0 Å². The van der Waals surface area contributed by atoms with Gasteiger partial charge in [0.2, 0.25) is 0 Å². The first-order valence-corrected chi connectivity index (χ1v) is 7.93. The van der Waals surface area contributed by atoms with Crippen molar-refractivity contribution in [1.82, 2.24) is 19.7 Å². The fourth-order valence-corrected chi connectivity index (χ4v) is 2.73. The summed E-state index contributed by atoms with van der Waals surface area (Å²) in [5, 5.41) is 9.81. The average Bonchev–Trinajstić information content (AvgIpc) is 3.01. The lowest BCUT2D eigenvalue weighted by Gasteiger charge is -2.07. The number of halogens is 2. The highest BCUT2D eigenvalue weighted by Crippen LogP contribution is 2.26. The van der Waals surface area contributed by atoms with Crippen LogP contribution in [0.3, 0.4) is 0 Å². The van der Waals surface area contributed by atoms with E-state index in [2.05, 4.69) is 20.4 Å². The molecule has 0 aliphatic carbocycles. The number of hydrogen-bond acceptors (Lipinski definition) is 4. The van der Waals surface area contributed by atoms with Crippen molar-refractivity contribution in [2.45, 2.75) is 0 Å². The lowest BCUT2D eigenvalue weighted by molar-refractivity contribution is 0.895. The molecule has 0 aliphatic heterocycles. The van der Waals surface area contributed by atoms with Gasteiger partial charge >= 0.3 is 0 Å². The van der Waals surface area contributed by atoms with Gasteiger partial charge in [-0.2, -0.15) is 5.10 Å². The molecule has 0 fully saturated rings. The van der Waals surface area contributed by atoms with Crippen LogP contribution in [0.1, 0.15) is 0 Å². The first kappa shape index (κ1) is 14.9. The fraction of sp³-hybridized carbons (Fsp3) is 0. The van der Waals surface area contributed by atoms with Gasteiger partial charge in [0.05, 0.1) is 17.3 Å². The van der Waals surface area contributed by atoms with Crippen LogP contribution < -0.4 is 5.32 Å². The summed E-state index contributed by atoms with van der Waals surface area (Å²) in [4.78, 5) is 8.66. The zero-order valence-corrected chi connectivity index (χ0v) is 13.8. The van der Waals surface area contributed by atoms with E-state index in [0.717, 1.165) is 16.8 Å². The molecule has 0 spiro atoms. The molecule has 0 bridgehead atoms. The van der Waals surface area contributed by atoms with E-state index in [0.29, 0.717) is 21.5 Å². The lowest BCUT2D eigenvalue weighted by atomic mass is 10.3. The van der Waals surface area contributed by atoms with E-state index < -0.39 is 0 Å². The molecule has 1 N–H and O–H groups in total. The molecule has 0 radical (unpaired) electrons. The van der Waals surface area contributed by atoms with Crippen LogP contribution in [0.4, 0.5) is 11.5 Å². The maximum absolute atomic E-state index is 6.03. The molecule has 0 aliphatic rings. The van der Waals surface area contributed by atoms with E-state index in [1.807, 2.05) is 48.5 Å². The first-order valence-electron chi connectivity index (χ1n) is 7.18. The standard InChI is InChI=1S/C17H11Cl2N5/c18-11-4-6-14(7-5-11)24-17-15(9-22-24)16(20-10-21-17)23-13-3-1-2-12(19)8-13/h1-10H,(H,20,21,23). The molecular weight excluding hydrogens is 345 g/mol. The Morgan fingerprint density at radius 1 is 0.917 bits per heavy atom. The molecule has 0 saturated heterocycles. The van der Waals surface area contributed by atoms with Crippen LogP contribution in [0, 0.1) is 0 Å². The zero-order chi connectivity index (χ0) is 16.5. The van der Waals surface area contributed by atoms with Gasteiger partial charge in [0.15, 0.2) is 5.65 Å². The van der Waals surface area contributed by atoms with E-state index in [1.54, 1.807) is 10.9 Å². The third-order valence-corrected chi connectivity index (χ3v) is 4.01. The predicted octanol–water partition coefficient (Wildman–Crippen LogP) is 4.87. The minimum Gasteiger partial charge on any atom is -0.339 e. The maximum atomic E-state index is 6.03. The molecule has 5 nitrogen and oxygen atoms in total. The van der Waals surface area contributed by atoms with Gasteiger partial charge < -0.3 is 5.32 Å². The van der Waals surface area contributed by atoms with Crippen molar-refractivity contribution in [2.75, 3.05) is 5.32 Å². The van der Waals surface area contributed by atoms with Gasteiger partial charge in [0.1, 0.15) is 12.1 Å². The van der Waals surface area contributed by atoms with Crippen LogP contribution in [0.25, 0.3) is 16.7 Å². The van der Waals surface area contributed by atoms with Crippen molar-refractivity contribution >= 4 is 45.7 Å². The number of hydrogen-bond donors (Lipinski definition) is 1. The Balaban J connectivity index is 1.77. The van der Waals surface area contributed by atoms with Crippen molar-refractivity contribution in [3.05, 3.63) is 71.1 Å². The van der Waals surface area contributed by atoms with Crippen LogP contribution >= 0.6 is 23.2 Å². The number of nitrogens with zero attached hydrogens (tertiary/aromatic N) is 4. The van der Waals surface area contributed by atoms with E-state index in [-0.39, 0.29) is 0 Å². The molecule has 0 atom stereocenters. The quantitative estimate of drug-likeness (QED) is 0.569. The Hall–Kier alpha value is -2.63. The molecule has 2 aromatic heterocycles. The highest BCUT2D eigenvalue weighted by Gasteiger charge is 2.11. The Kier molecular flexibility index (Phi) is 3.80. The summed E-state index contributed by atoms with van der Waals surface area (Å²) in [6.07, 6.45) is 3.24. The van der Waals surface area contributed by atoms with Crippen LogP contribution in [0.15, 0.2) is 61.1 Å². The predicted molar refractivity (Wildman–Crippen MR) is 96.4 cm³/mol. The van der Waals surface area contributed by atoms with Crippen LogP contribution in [-0.2, 0) is 0 Å². The summed E-state index contributed by atoms with van der Waals surface area (Å²) in [5.74, 6) is 0.669. The second-order valence-electron chi connectivity index (χ2n) is 5.13. The number of fused-ring (bicyclic) bond motifs is 1. The summed E-state index contributed by atoms with van der Waals surface area (Å²) in [7, 11) is 0. The van der Waals surface area contributed by atoms with Gasteiger partial charge in [-0.05, 0) is 42.5 Å². The minimum atomic E-state index is 0.655. The van der Waals surface area contributed by atoms with E-state index in [9.17, 15) is 0 Å². The highest BCUT2D eigenvalue weighted by molar-refractivity contribution is 6.31. The number of anilines is 2. The molecule has 118 valence electrons. The van der Waals surface area contributed by atoms with Gasteiger partial charge in [-0.3, -0.25) is 0 Å². The van der Waals surface area contributed by atoms with Crippen LogP contribution in [0.2, 0.25) is 10.0 Å². The third kappa shape index (κ3) is 2.79. The summed E-state index contributed by atoms with van der Waals surface area (Å²) in [6.45, 7) is 0. The zero-order valence-electron chi connectivity index (χ0n) is 12.3. The molecular formula is C17H11Cl2N5. The SMILES string of the molecule is Clc1ccc(-n2ncc3c(Nc4cccc(Cl)c4)ncnc32)cc1. The molecule has 0 unspecified atom stereocenters. The molecule has 2 aromatic carbocycles. The molecule has 0 saturated carbocycles. The molecule has 0 amide bonds. The van der Waals surface area contributed by atoms with E-state index in [4.69, 9.17) is 23.2 Å². The minimum absolute atomic E-state index is 0.655. The van der Waals surface area contributed by atoms with Crippen molar-refractivity contribution < 1.29 is 0 Å². The molecule has 24 heavy (non-hydrogen) atoms. The topological polar surface area (TPSA) is 55.6 Å². The Morgan fingerprint density at radius 3 is 2.54 bits per heavy atom. The number of aromatic nitrogens is 4. The molecule has 4 aromatic rings. The monoisotopic (exact) mass is 355 g/mol. The van der Waals surface area contributed by atoms with Gasteiger partial charge in [-0.25, -0.2) is 14.6 Å². The summed E-state index contributed by atoms with van der Waals surface area (Å²) in [6, 6.07) is 14.9. The Bertz CT molecular complexity index is 1010. The largest absolute Gasteiger partial charge is 0.339 e. The van der Waals surface area contributed by atoms with E-state index in [1.165, 1.54) is 6.33 Å². The highest BCUT2D eigenvalue weighted by atomic mass is 35.5. The molecule has 4 rings (SSSR count). The number of nitrogens with one attached hydrogen (secondary N) is 1. The van der Waals surface area contributed by atoms with Crippen molar-refractivity contribution in [3.8, 4) is 5.69 Å². The maximum Gasteiger partial charge on any atom is 0.168 e. The Labute approximate surface area is 147 Å². The smallest absolute Gasteiger partial charge is 0.168 e. The van der Waals surface area contributed by atoms with Crippen molar-refractivity contribution in [1.29, 1.82) is 0 Å². The van der Waals surface area contributed by atoms with Crippen molar-refractivity contribution in [2.24, 2.45) is 0 Å². The summed E-state index contributed by atoms with van der Waals surface area (Å²) < 4.78 is 1.75. The second kappa shape index (κ2) is 6.11. The van der Waals surface area contributed by atoms with Gasteiger partial charge in [0, 0.05) is 15.7 Å². The van der Waals surface area contributed by atoms with Gasteiger partial charge in [-0.1, -0.05) is 29.3 Å². The summed E-state index contributed by atoms with van der Waals surface area (Å²) >= 11 is 12.0. The third-order valence-electron chi connectivity index (χ3n) is 3.52. The lowest BCUT2D eigenvalue weighted by Crippen LogP contribution is -1.99. The van der Waals surface area contributed by atoms with Crippen LogP contribution in [0.5, 0.6) is 0 Å². The first-order chi connectivity index (χ1) is 11.7. The molecule has 7 heteroatoms. The number of benzene rings is 2. The normalized spacial score (nSPS) is 10.9. The molecule has 2 heterocycles. The van der Waals surface area contributed by atoms with Gasteiger partial charge in [0.25, 0.3) is 0 Å². The second-order valence-corrected chi connectivity index (χ2v) is 6.00. The summed E-state index contributed by atoms with van der Waals surface area (Å²) in [5.41, 5.74) is 2.43. The van der Waals surface area contributed by atoms with E-state index >= 15 is 0 Å². The average molecular weight is 356 g/mol. The Morgan fingerprint density at radius 2 is 1.75 bits per heavy atom. The number of rotatable bonds is 3. The van der Waals surface area contributed by atoms with Crippen LogP contribution in [-0.4, -0.2) is 19.7 Å².